The van der Waals surface area contributed by atoms with Gasteiger partial charge >= 0.3 is 6.03 Å². The van der Waals surface area contributed by atoms with Gasteiger partial charge in [-0.25, -0.2) is 9.78 Å². The SMILES string of the molecule is Cc1ccc(C(=O)NN(C(=O)Nc2ccccc2)c2nc(-c3cccc(O)c3)cs2)cc1. The Hall–Kier alpha value is -4.17. The van der Waals surface area contributed by atoms with E-state index in [0.717, 1.165) is 10.6 Å². The number of hydrogen-bond donors (Lipinski definition) is 3. The molecule has 4 rings (SSSR count). The number of amides is 3. The second kappa shape index (κ2) is 9.32. The molecule has 32 heavy (non-hydrogen) atoms. The highest BCUT2D eigenvalue weighted by atomic mass is 32.1. The summed E-state index contributed by atoms with van der Waals surface area (Å²) in [5, 5.41) is 15.6. The summed E-state index contributed by atoms with van der Waals surface area (Å²) in [6.07, 6.45) is 0. The van der Waals surface area contributed by atoms with Crippen molar-refractivity contribution < 1.29 is 14.7 Å². The monoisotopic (exact) mass is 444 g/mol. The van der Waals surface area contributed by atoms with Crippen molar-refractivity contribution in [3.8, 4) is 17.0 Å². The number of para-hydroxylation sites is 1. The average molecular weight is 445 g/mol. The topological polar surface area (TPSA) is 94.6 Å². The molecule has 8 heteroatoms. The number of carbonyl (C=O) groups excluding carboxylic acids is 2. The number of hydrazine groups is 1. The van der Waals surface area contributed by atoms with E-state index in [9.17, 15) is 14.7 Å². The highest BCUT2D eigenvalue weighted by molar-refractivity contribution is 7.14. The maximum atomic E-state index is 13.1. The minimum Gasteiger partial charge on any atom is -0.508 e. The molecule has 4 aromatic rings. The van der Waals surface area contributed by atoms with Crippen LogP contribution in [0.15, 0.2) is 84.2 Å². The van der Waals surface area contributed by atoms with Crippen LogP contribution in [0.4, 0.5) is 15.6 Å². The molecule has 0 unspecified atom stereocenters. The third-order valence-electron chi connectivity index (χ3n) is 4.58. The molecule has 0 aliphatic rings. The lowest BCUT2D eigenvalue weighted by atomic mass is 10.1. The first-order chi connectivity index (χ1) is 15.5. The summed E-state index contributed by atoms with van der Waals surface area (Å²) in [6.45, 7) is 1.93. The summed E-state index contributed by atoms with van der Waals surface area (Å²) >= 11 is 1.19. The maximum Gasteiger partial charge on any atom is 0.347 e. The summed E-state index contributed by atoms with van der Waals surface area (Å²) in [4.78, 5) is 30.4. The number of aromatic hydroxyl groups is 1. The zero-order valence-electron chi connectivity index (χ0n) is 17.1. The number of aryl methyl sites for hydroxylation is 1. The van der Waals surface area contributed by atoms with Crippen LogP contribution in [0, 0.1) is 6.92 Å². The number of benzene rings is 3. The van der Waals surface area contributed by atoms with Gasteiger partial charge in [-0.1, -0.05) is 48.0 Å². The summed E-state index contributed by atoms with van der Waals surface area (Å²) in [7, 11) is 0. The number of rotatable bonds is 4. The fraction of sp³-hybridized carbons (Fsp3) is 0.0417. The van der Waals surface area contributed by atoms with Gasteiger partial charge in [-0.2, -0.15) is 5.01 Å². The third kappa shape index (κ3) is 4.93. The van der Waals surface area contributed by atoms with Crippen LogP contribution in [0.1, 0.15) is 15.9 Å². The van der Waals surface area contributed by atoms with Crippen LogP contribution in [0.2, 0.25) is 0 Å². The first-order valence-electron chi connectivity index (χ1n) is 9.78. The van der Waals surface area contributed by atoms with Crippen LogP contribution in [0.25, 0.3) is 11.3 Å². The van der Waals surface area contributed by atoms with Gasteiger partial charge in [0.15, 0.2) is 0 Å². The van der Waals surface area contributed by atoms with E-state index in [-0.39, 0.29) is 10.9 Å². The van der Waals surface area contributed by atoms with E-state index in [2.05, 4.69) is 15.7 Å². The van der Waals surface area contributed by atoms with Crippen molar-refractivity contribution in [3.05, 3.63) is 95.4 Å². The number of thiazole rings is 1. The number of nitrogens with zero attached hydrogens (tertiary/aromatic N) is 2. The van der Waals surface area contributed by atoms with Crippen molar-refractivity contribution in [2.45, 2.75) is 6.92 Å². The van der Waals surface area contributed by atoms with E-state index in [1.807, 2.05) is 25.1 Å². The second-order valence-electron chi connectivity index (χ2n) is 7.00. The van der Waals surface area contributed by atoms with Gasteiger partial charge in [0.2, 0.25) is 5.13 Å². The van der Waals surface area contributed by atoms with E-state index in [0.29, 0.717) is 22.5 Å². The molecule has 1 heterocycles. The molecule has 0 saturated carbocycles. The van der Waals surface area contributed by atoms with Crippen molar-refractivity contribution in [2.75, 3.05) is 10.3 Å². The Balaban J connectivity index is 1.63. The summed E-state index contributed by atoms with van der Waals surface area (Å²) < 4.78 is 0. The third-order valence-corrected chi connectivity index (χ3v) is 5.41. The molecule has 0 radical (unpaired) electrons. The Morgan fingerprint density at radius 2 is 1.72 bits per heavy atom. The first kappa shape index (κ1) is 21.1. The number of urea groups is 1. The number of hydrogen-bond acceptors (Lipinski definition) is 5. The van der Waals surface area contributed by atoms with Crippen LogP contribution >= 0.6 is 11.3 Å². The molecule has 0 aliphatic carbocycles. The molecular formula is C24H20N4O3S. The molecule has 0 saturated heterocycles. The summed E-state index contributed by atoms with van der Waals surface area (Å²) in [5.41, 5.74) is 5.93. The predicted octanol–water partition coefficient (Wildman–Crippen LogP) is 5.21. The van der Waals surface area contributed by atoms with Gasteiger partial charge < -0.3 is 10.4 Å². The first-order valence-corrected chi connectivity index (χ1v) is 10.7. The van der Waals surface area contributed by atoms with Gasteiger partial charge in [-0.05, 0) is 43.3 Å². The second-order valence-corrected chi connectivity index (χ2v) is 7.84. The van der Waals surface area contributed by atoms with Crippen LogP contribution in [0.3, 0.4) is 0 Å². The van der Waals surface area contributed by atoms with Crippen LogP contribution < -0.4 is 15.8 Å². The molecule has 3 N–H and O–H groups in total. The van der Waals surface area contributed by atoms with Gasteiger partial charge in [-0.3, -0.25) is 10.2 Å². The largest absolute Gasteiger partial charge is 0.508 e. The molecule has 0 aliphatic heterocycles. The van der Waals surface area contributed by atoms with Gasteiger partial charge in [0.05, 0.1) is 5.69 Å². The maximum absolute atomic E-state index is 13.1. The summed E-state index contributed by atoms with van der Waals surface area (Å²) in [5.74, 6) is -0.328. The fourth-order valence-corrected chi connectivity index (χ4v) is 3.71. The quantitative estimate of drug-likeness (QED) is 0.377. The normalized spacial score (nSPS) is 10.4. The Bertz CT molecular complexity index is 1240. The van der Waals surface area contributed by atoms with Gasteiger partial charge in [0.1, 0.15) is 5.75 Å². The smallest absolute Gasteiger partial charge is 0.347 e. The van der Waals surface area contributed by atoms with E-state index in [1.165, 1.54) is 11.3 Å². The molecule has 0 spiro atoms. The highest BCUT2D eigenvalue weighted by Gasteiger charge is 2.23. The van der Waals surface area contributed by atoms with Crippen LogP contribution in [0.5, 0.6) is 5.75 Å². The molecule has 7 nitrogen and oxygen atoms in total. The highest BCUT2D eigenvalue weighted by Crippen LogP contribution is 2.29. The number of aromatic nitrogens is 1. The molecule has 3 amide bonds. The van der Waals surface area contributed by atoms with E-state index in [4.69, 9.17) is 0 Å². The molecular weight excluding hydrogens is 424 g/mol. The van der Waals surface area contributed by atoms with Crippen molar-refractivity contribution in [1.82, 2.24) is 10.4 Å². The van der Waals surface area contributed by atoms with Crippen LogP contribution in [-0.4, -0.2) is 22.0 Å². The lowest BCUT2D eigenvalue weighted by Crippen LogP contribution is -2.48. The van der Waals surface area contributed by atoms with Gasteiger partial charge in [0, 0.05) is 22.2 Å². The van der Waals surface area contributed by atoms with Crippen molar-refractivity contribution in [2.24, 2.45) is 0 Å². The number of nitrogens with one attached hydrogen (secondary N) is 2. The standard InChI is InChI=1S/C24H20N4O3S/c1-16-10-12-17(13-11-16)22(30)27-28(23(31)25-19-7-3-2-4-8-19)24-26-21(15-32-24)18-6-5-9-20(29)14-18/h2-15,29H,1H3,(H,25,31)(H,27,30). The minimum atomic E-state index is -0.562. The Labute approximate surface area is 189 Å². The molecule has 0 bridgehead atoms. The van der Waals surface area contributed by atoms with E-state index < -0.39 is 11.9 Å². The number of anilines is 2. The Morgan fingerprint density at radius 1 is 0.969 bits per heavy atom. The Kier molecular flexibility index (Phi) is 6.14. The zero-order chi connectivity index (χ0) is 22.5. The van der Waals surface area contributed by atoms with Crippen molar-refractivity contribution in [3.63, 3.8) is 0 Å². The zero-order valence-corrected chi connectivity index (χ0v) is 18.0. The molecule has 0 atom stereocenters. The predicted molar refractivity (Wildman–Crippen MR) is 126 cm³/mol. The molecule has 1 aromatic heterocycles. The molecule has 160 valence electrons. The number of phenolic OH excluding ortho intramolecular Hbond substituents is 1. The van der Waals surface area contributed by atoms with Crippen molar-refractivity contribution in [1.29, 1.82) is 0 Å². The minimum absolute atomic E-state index is 0.114. The van der Waals surface area contributed by atoms with Crippen molar-refractivity contribution >= 4 is 34.1 Å². The van der Waals surface area contributed by atoms with E-state index in [1.54, 1.807) is 66.0 Å². The lowest BCUT2D eigenvalue weighted by molar-refractivity contribution is 0.0951. The fourth-order valence-electron chi connectivity index (χ4n) is 2.92. The van der Waals surface area contributed by atoms with Gasteiger partial charge in [-0.15, -0.1) is 11.3 Å². The number of carbonyl (C=O) groups is 2. The van der Waals surface area contributed by atoms with Gasteiger partial charge in [0.25, 0.3) is 5.91 Å². The van der Waals surface area contributed by atoms with E-state index >= 15 is 0 Å². The summed E-state index contributed by atoms with van der Waals surface area (Å²) in [6, 6.07) is 22.1. The lowest BCUT2D eigenvalue weighted by Gasteiger charge is -2.21. The Morgan fingerprint density at radius 3 is 2.44 bits per heavy atom. The molecule has 3 aromatic carbocycles. The van der Waals surface area contributed by atoms with Crippen LogP contribution in [-0.2, 0) is 0 Å². The number of phenols is 1. The molecule has 0 fully saturated rings. The average Bonchev–Trinajstić information content (AvgIpc) is 3.28.